The highest BCUT2D eigenvalue weighted by molar-refractivity contribution is 5.96. The maximum Gasteiger partial charge on any atom is 0.328 e. The van der Waals surface area contributed by atoms with Gasteiger partial charge < -0.3 is 15.2 Å². The van der Waals surface area contributed by atoms with Crippen molar-refractivity contribution in [3.63, 3.8) is 0 Å². The van der Waals surface area contributed by atoms with Crippen LogP contribution < -0.4 is 10.1 Å². The van der Waals surface area contributed by atoms with Gasteiger partial charge in [0.25, 0.3) is 5.91 Å². The second kappa shape index (κ2) is 6.56. The van der Waals surface area contributed by atoms with Crippen molar-refractivity contribution in [2.24, 2.45) is 0 Å². The van der Waals surface area contributed by atoms with Gasteiger partial charge in [0.05, 0.1) is 0 Å². The Kier molecular flexibility index (Phi) is 4.56. The maximum absolute atomic E-state index is 11.3. The highest BCUT2D eigenvalue weighted by atomic mass is 16.5. The van der Waals surface area contributed by atoms with Gasteiger partial charge in [-0.1, -0.05) is 30.3 Å². The van der Waals surface area contributed by atoms with Crippen LogP contribution in [0.1, 0.15) is 5.56 Å². The van der Waals surface area contributed by atoms with Crippen molar-refractivity contribution in [2.75, 3.05) is 13.7 Å². The second-order valence-corrected chi connectivity index (χ2v) is 4.33. The number of nitrogens with one attached hydrogen (secondary N) is 1. The quantitative estimate of drug-likeness (QED) is 0.825. The molecule has 5 nitrogen and oxygen atoms in total. The van der Waals surface area contributed by atoms with E-state index >= 15 is 0 Å². The molecule has 5 heteroatoms. The van der Waals surface area contributed by atoms with Crippen LogP contribution in [-0.4, -0.2) is 30.6 Å². The van der Waals surface area contributed by atoms with E-state index in [9.17, 15) is 9.59 Å². The summed E-state index contributed by atoms with van der Waals surface area (Å²) in [5.74, 6) is -0.827. The molecule has 0 saturated heterocycles. The van der Waals surface area contributed by atoms with Crippen molar-refractivity contribution in [3.05, 3.63) is 48.0 Å². The van der Waals surface area contributed by atoms with E-state index in [1.807, 2.05) is 30.3 Å². The molecule has 0 spiro atoms. The lowest BCUT2D eigenvalue weighted by atomic mass is 10.0. The molecule has 1 amide bonds. The van der Waals surface area contributed by atoms with Gasteiger partial charge in [-0.25, -0.2) is 4.79 Å². The monoisotopic (exact) mass is 285 g/mol. The smallest absolute Gasteiger partial charge is 0.328 e. The van der Waals surface area contributed by atoms with Gasteiger partial charge in [-0.3, -0.25) is 4.79 Å². The Hall–Kier alpha value is -2.82. The molecule has 2 N–H and O–H groups in total. The van der Waals surface area contributed by atoms with E-state index in [-0.39, 0.29) is 12.5 Å². The molecule has 0 saturated carbocycles. The number of fused-ring (bicyclic) bond motifs is 1. The standard InChI is InChI=1S/C16H15NO4/c1-17-15(18)10-21-14-8-6-11-4-2-3-5-12(11)13(14)7-9-16(19)20/h2-9H,10H2,1H3,(H,17,18)(H,19,20)/b9-7+. The molecule has 21 heavy (non-hydrogen) atoms. The van der Waals surface area contributed by atoms with E-state index in [1.54, 1.807) is 6.07 Å². The number of likely N-dealkylation sites (N-methyl/N-ethyl adjacent to an activating group) is 1. The Morgan fingerprint density at radius 1 is 1.24 bits per heavy atom. The molecule has 108 valence electrons. The van der Waals surface area contributed by atoms with Crippen LogP contribution >= 0.6 is 0 Å². The third-order valence-electron chi connectivity index (χ3n) is 2.96. The number of carboxylic acids is 1. The van der Waals surface area contributed by atoms with E-state index in [1.165, 1.54) is 13.1 Å². The average molecular weight is 285 g/mol. The van der Waals surface area contributed by atoms with Crippen molar-refractivity contribution >= 4 is 28.7 Å². The minimum absolute atomic E-state index is 0.122. The van der Waals surface area contributed by atoms with Gasteiger partial charge in [0.2, 0.25) is 0 Å². The van der Waals surface area contributed by atoms with E-state index in [2.05, 4.69) is 5.32 Å². The molecule has 0 aliphatic rings. The van der Waals surface area contributed by atoms with Gasteiger partial charge in [0.15, 0.2) is 6.61 Å². The van der Waals surface area contributed by atoms with Crippen LogP contribution in [0, 0.1) is 0 Å². The van der Waals surface area contributed by atoms with Crippen LogP contribution in [0.15, 0.2) is 42.5 Å². The second-order valence-electron chi connectivity index (χ2n) is 4.33. The minimum Gasteiger partial charge on any atom is -0.483 e. The number of ether oxygens (including phenoxy) is 1. The minimum atomic E-state index is -1.04. The van der Waals surface area contributed by atoms with Crippen molar-refractivity contribution in [2.45, 2.75) is 0 Å². The molecule has 0 aliphatic carbocycles. The van der Waals surface area contributed by atoms with Gasteiger partial charge in [0.1, 0.15) is 5.75 Å². The topological polar surface area (TPSA) is 75.6 Å². The zero-order valence-electron chi connectivity index (χ0n) is 11.5. The Morgan fingerprint density at radius 3 is 2.71 bits per heavy atom. The lowest BCUT2D eigenvalue weighted by Gasteiger charge is -2.11. The van der Waals surface area contributed by atoms with Crippen molar-refractivity contribution in [3.8, 4) is 5.75 Å². The first-order chi connectivity index (χ1) is 10.1. The van der Waals surface area contributed by atoms with E-state index in [0.717, 1.165) is 16.8 Å². The molecule has 0 fully saturated rings. The van der Waals surface area contributed by atoms with Gasteiger partial charge in [0, 0.05) is 18.7 Å². The predicted molar refractivity (Wildman–Crippen MR) is 80.2 cm³/mol. The number of carbonyl (C=O) groups is 2. The fourth-order valence-corrected chi connectivity index (χ4v) is 1.94. The highest BCUT2D eigenvalue weighted by Gasteiger charge is 2.08. The van der Waals surface area contributed by atoms with E-state index in [4.69, 9.17) is 9.84 Å². The van der Waals surface area contributed by atoms with E-state index in [0.29, 0.717) is 11.3 Å². The summed E-state index contributed by atoms with van der Waals surface area (Å²) in [7, 11) is 1.53. The lowest BCUT2D eigenvalue weighted by Crippen LogP contribution is -2.25. The lowest BCUT2D eigenvalue weighted by molar-refractivity contribution is -0.131. The maximum atomic E-state index is 11.3. The molecular weight excluding hydrogens is 270 g/mol. The Balaban J connectivity index is 2.45. The average Bonchev–Trinajstić information content (AvgIpc) is 2.50. The summed E-state index contributed by atoms with van der Waals surface area (Å²) in [5, 5.41) is 13.1. The zero-order valence-corrected chi connectivity index (χ0v) is 11.5. The number of carboxylic acid groups (broad SMARTS) is 1. The summed E-state index contributed by atoms with van der Waals surface area (Å²) >= 11 is 0. The van der Waals surface area contributed by atoms with Crippen LogP contribution in [0.3, 0.4) is 0 Å². The van der Waals surface area contributed by atoms with Gasteiger partial charge in [-0.2, -0.15) is 0 Å². The number of aliphatic carboxylic acids is 1. The third kappa shape index (κ3) is 3.60. The van der Waals surface area contributed by atoms with Crippen LogP contribution in [0.5, 0.6) is 5.75 Å². The first kappa shape index (κ1) is 14.6. The van der Waals surface area contributed by atoms with Crippen LogP contribution in [-0.2, 0) is 9.59 Å². The molecule has 0 aromatic heterocycles. The summed E-state index contributed by atoms with van der Waals surface area (Å²) in [6, 6.07) is 11.2. The van der Waals surface area contributed by atoms with Crippen molar-refractivity contribution in [1.29, 1.82) is 0 Å². The van der Waals surface area contributed by atoms with Crippen LogP contribution in [0.25, 0.3) is 16.8 Å². The predicted octanol–water partition coefficient (Wildman–Crippen LogP) is 2.06. The van der Waals surface area contributed by atoms with Gasteiger partial charge in [-0.05, 0) is 22.9 Å². The zero-order chi connectivity index (χ0) is 15.2. The molecule has 2 aromatic rings. The Bertz CT molecular complexity index is 706. The van der Waals surface area contributed by atoms with Crippen LogP contribution in [0.2, 0.25) is 0 Å². The molecule has 0 atom stereocenters. The summed E-state index contributed by atoms with van der Waals surface area (Å²) in [5.41, 5.74) is 0.638. The van der Waals surface area contributed by atoms with E-state index < -0.39 is 5.97 Å². The molecule has 0 bridgehead atoms. The van der Waals surface area contributed by atoms with Gasteiger partial charge >= 0.3 is 5.97 Å². The fourth-order valence-electron chi connectivity index (χ4n) is 1.94. The molecular formula is C16H15NO4. The number of hydrogen-bond donors (Lipinski definition) is 2. The van der Waals surface area contributed by atoms with Crippen LogP contribution in [0.4, 0.5) is 0 Å². The molecule has 2 rings (SSSR count). The SMILES string of the molecule is CNC(=O)COc1ccc2ccccc2c1/C=C/C(=O)O. The summed E-state index contributed by atoms with van der Waals surface area (Å²) in [6.45, 7) is -0.122. The van der Waals surface area contributed by atoms with Gasteiger partial charge in [-0.15, -0.1) is 0 Å². The molecule has 0 heterocycles. The molecule has 0 aliphatic heterocycles. The summed E-state index contributed by atoms with van der Waals surface area (Å²) < 4.78 is 5.47. The molecule has 0 radical (unpaired) electrons. The van der Waals surface area contributed by atoms with Crippen molar-refractivity contribution < 1.29 is 19.4 Å². The summed E-state index contributed by atoms with van der Waals surface area (Å²) in [4.78, 5) is 22.0. The molecule has 2 aromatic carbocycles. The molecule has 0 unspecified atom stereocenters. The third-order valence-corrected chi connectivity index (χ3v) is 2.96. The number of amides is 1. The largest absolute Gasteiger partial charge is 0.483 e. The highest BCUT2D eigenvalue weighted by Crippen LogP contribution is 2.29. The first-order valence-electron chi connectivity index (χ1n) is 6.38. The number of rotatable bonds is 5. The number of hydrogen-bond acceptors (Lipinski definition) is 3. The summed E-state index contributed by atoms with van der Waals surface area (Å²) in [6.07, 6.45) is 2.53. The Morgan fingerprint density at radius 2 is 2.00 bits per heavy atom. The number of benzene rings is 2. The number of carbonyl (C=O) groups excluding carboxylic acids is 1. The normalized spacial score (nSPS) is 10.7. The van der Waals surface area contributed by atoms with Crippen molar-refractivity contribution in [1.82, 2.24) is 5.32 Å². The fraction of sp³-hybridized carbons (Fsp3) is 0.125. The Labute approximate surface area is 121 Å². The first-order valence-corrected chi connectivity index (χ1v) is 6.38.